The number of aromatic nitrogens is 1. The number of nitrogens with zero attached hydrogens (tertiary/aromatic N) is 2. The fourth-order valence-electron chi connectivity index (χ4n) is 2.04. The quantitative estimate of drug-likeness (QED) is 0.698. The summed E-state index contributed by atoms with van der Waals surface area (Å²) in [5.74, 6) is 1.04. The van der Waals surface area contributed by atoms with Crippen LogP contribution in [0.1, 0.15) is 45.7 Å². The van der Waals surface area contributed by atoms with Crippen LogP contribution in [0.5, 0.6) is 0 Å². The minimum atomic E-state index is 0.743. The van der Waals surface area contributed by atoms with E-state index >= 15 is 0 Å². The van der Waals surface area contributed by atoms with Gasteiger partial charge in [-0.25, -0.2) is 4.98 Å². The Balaban J connectivity index is 2.79. The second-order valence-electron chi connectivity index (χ2n) is 4.76. The van der Waals surface area contributed by atoms with Crippen LogP contribution in [0.3, 0.4) is 0 Å². The van der Waals surface area contributed by atoms with E-state index in [0.29, 0.717) is 0 Å². The Labute approximate surface area is 122 Å². The summed E-state index contributed by atoms with van der Waals surface area (Å²) in [6.45, 7) is 10.4. The molecule has 0 radical (unpaired) electrons. The molecule has 3 nitrogen and oxygen atoms in total. The molecule has 4 heteroatoms. The van der Waals surface area contributed by atoms with Crippen LogP contribution in [0.15, 0.2) is 12.1 Å². The van der Waals surface area contributed by atoms with Gasteiger partial charge in [0.15, 0.2) is 0 Å². The first-order chi connectivity index (χ1) is 9.22. The minimum Gasteiger partial charge on any atom is -0.357 e. The second kappa shape index (κ2) is 9.16. The number of hydrogen-bond acceptors (Lipinski definition) is 3. The molecular weight excluding hydrogens is 258 g/mol. The topological polar surface area (TPSA) is 28.2 Å². The maximum absolute atomic E-state index is 6.21. The first-order valence-corrected chi connectivity index (χ1v) is 7.71. The summed E-state index contributed by atoms with van der Waals surface area (Å²) >= 11 is 6.21. The maximum Gasteiger partial charge on any atom is 0.128 e. The monoisotopic (exact) mass is 283 g/mol. The van der Waals surface area contributed by atoms with Crippen molar-refractivity contribution in [3.05, 3.63) is 22.8 Å². The Morgan fingerprint density at radius 1 is 1.11 bits per heavy atom. The van der Waals surface area contributed by atoms with Crippen LogP contribution in [0.25, 0.3) is 0 Å². The zero-order valence-corrected chi connectivity index (χ0v) is 13.1. The third kappa shape index (κ3) is 5.37. The van der Waals surface area contributed by atoms with Crippen molar-refractivity contribution in [1.29, 1.82) is 0 Å². The Bertz CT molecular complexity index is 362. The maximum atomic E-state index is 6.21. The van der Waals surface area contributed by atoms with Crippen molar-refractivity contribution >= 4 is 17.4 Å². The smallest absolute Gasteiger partial charge is 0.128 e. The fraction of sp³-hybridized carbons (Fsp3) is 0.667. The highest BCUT2D eigenvalue weighted by Crippen LogP contribution is 2.19. The minimum absolute atomic E-state index is 0.743. The lowest BCUT2D eigenvalue weighted by Crippen LogP contribution is -2.26. The molecule has 0 saturated carbocycles. The number of halogens is 1. The Morgan fingerprint density at radius 2 is 1.79 bits per heavy atom. The van der Waals surface area contributed by atoms with E-state index in [-0.39, 0.29) is 0 Å². The first kappa shape index (κ1) is 16.3. The van der Waals surface area contributed by atoms with Gasteiger partial charge in [-0.1, -0.05) is 32.4 Å². The molecule has 0 saturated heterocycles. The van der Waals surface area contributed by atoms with E-state index in [1.54, 1.807) is 0 Å². The zero-order valence-electron chi connectivity index (χ0n) is 12.4. The molecule has 1 aromatic heterocycles. The molecule has 0 spiro atoms. The van der Waals surface area contributed by atoms with Crippen LogP contribution >= 0.6 is 11.6 Å². The Hall–Kier alpha value is -0.800. The Kier molecular flexibility index (Phi) is 7.84. The molecule has 0 amide bonds. The van der Waals surface area contributed by atoms with E-state index in [0.717, 1.165) is 62.0 Å². The van der Waals surface area contributed by atoms with Crippen molar-refractivity contribution in [3.63, 3.8) is 0 Å². The van der Waals surface area contributed by atoms with E-state index < -0.39 is 0 Å². The molecule has 1 heterocycles. The summed E-state index contributed by atoms with van der Waals surface area (Å²) < 4.78 is 0. The summed E-state index contributed by atoms with van der Waals surface area (Å²) in [4.78, 5) is 7.05. The van der Waals surface area contributed by atoms with Crippen molar-refractivity contribution in [1.82, 2.24) is 10.3 Å². The highest BCUT2D eigenvalue weighted by molar-refractivity contribution is 6.31. The van der Waals surface area contributed by atoms with Crippen LogP contribution in [-0.2, 0) is 6.54 Å². The highest BCUT2D eigenvalue weighted by atomic mass is 35.5. The van der Waals surface area contributed by atoms with Gasteiger partial charge in [-0.3, -0.25) is 0 Å². The van der Waals surface area contributed by atoms with Gasteiger partial charge in [0, 0.05) is 19.6 Å². The van der Waals surface area contributed by atoms with Crippen LogP contribution in [0.4, 0.5) is 5.82 Å². The molecule has 1 aromatic rings. The SMILES string of the molecule is CCCNCc1nc(N(CCC)CCC)ccc1Cl. The van der Waals surface area contributed by atoms with Gasteiger partial charge in [0.05, 0.1) is 10.7 Å². The van der Waals surface area contributed by atoms with Crippen LogP contribution in [0, 0.1) is 0 Å². The Morgan fingerprint density at radius 3 is 2.37 bits per heavy atom. The number of hydrogen-bond donors (Lipinski definition) is 1. The molecule has 0 fully saturated rings. The van der Waals surface area contributed by atoms with Crippen molar-refractivity contribution < 1.29 is 0 Å². The lowest BCUT2D eigenvalue weighted by Gasteiger charge is -2.23. The van der Waals surface area contributed by atoms with E-state index in [2.05, 4.69) is 31.0 Å². The van der Waals surface area contributed by atoms with Gasteiger partial charge in [0.2, 0.25) is 0 Å². The molecule has 0 atom stereocenters. The van der Waals surface area contributed by atoms with Crippen molar-refractivity contribution in [2.24, 2.45) is 0 Å². The number of rotatable bonds is 9. The number of pyridine rings is 1. The van der Waals surface area contributed by atoms with Crippen LogP contribution in [0.2, 0.25) is 5.02 Å². The lowest BCUT2D eigenvalue weighted by atomic mass is 10.3. The predicted octanol–water partition coefficient (Wildman–Crippen LogP) is 3.86. The van der Waals surface area contributed by atoms with Gasteiger partial charge in [-0.2, -0.15) is 0 Å². The largest absolute Gasteiger partial charge is 0.357 e. The average molecular weight is 284 g/mol. The van der Waals surface area contributed by atoms with Gasteiger partial charge >= 0.3 is 0 Å². The molecule has 0 unspecified atom stereocenters. The van der Waals surface area contributed by atoms with Gasteiger partial charge in [-0.05, 0) is 37.9 Å². The predicted molar refractivity (Wildman–Crippen MR) is 84.0 cm³/mol. The molecule has 0 aliphatic heterocycles. The first-order valence-electron chi connectivity index (χ1n) is 7.33. The normalized spacial score (nSPS) is 10.7. The van der Waals surface area contributed by atoms with Crippen LogP contribution < -0.4 is 10.2 Å². The third-order valence-corrected chi connectivity index (χ3v) is 3.28. The van der Waals surface area contributed by atoms with Crippen LogP contribution in [-0.4, -0.2) is 24.6 Å². The summed E-state index contributed by atoms with van der Waals surface area (Å²) in [6, 6.07) is 3.99. The second-order valence-corrected chi connectivity index (χ2v) is 5.17. The number of nitrogens with one attached hydrogen (secondary N) is 1. The van der Waals surface area contributed by atoms with Gasteiger partial charge in [0.25, 0.3) is 0 Å². The molecule has 1 rings (SSSR count). The van der Waals surface area contributed by atoms with Gasteiger partial charge in [-0.15, -0.1) is 0 Å². The molecule has 0 aliphatic carbocycles. The zero-order chi connectivity index (χ0) is 14.1. The van der Waals surface area contributed by atoms with E-state index in [4.69, 9.17) is 16.6 Å². The molecule has 0 aromatic carbocycles. The van der Waals surface area contributed by atoms with Crippen molar-refractivity contribution in [2.75, 3.05) is 24.5 Å². The molecule has 0 aliphatic rings. The molecular formula is C15H26ClN3. The lowest BCUT2D eigenvalue weighted by molar-refractivity contribution is 0.661. The molecule has 19 heavy (non-hydrogen) atoms. The summed E-state index contributed by atoms with van der Waals surface area (Å²) in [5, 5.41) is 4.11. The standard InChI is InChI=1S/C15H26ClN3/c1-4-9-17-12-14-13(16)7-8-15(18-14)19(10-5-2)11-6-3/h7-8,17H,4-6,9-12H2,1-3H3. The fourth-order valence-corrected chi connectivity index (χ4v) is 2.21. The van der Waals surface area contributed by atoms with E-state index in [1.165, 1.54) is 0 Å². The number of anilines is 1. The van der Waals surface area contributed by atoms with Crippen molar-refractivity contribution in [2.45, 2.75) is 46.6 Å². The molecule has 1 N–H and O–H groups in total. The van der Waals surface area contributed by atoms with Gasteiger partial charge in [0.1, 0.15) is 5.82 Å². The summed E-state index contributed by atoms with van der Waals surface area (Å²) in [5.41, 5.74) is 0.949. The van der Waals surface area contributed by atoms with Gasteiger partial charge < -0.3 is 10.2 Å². The summed E-state index contributed by atoms with van der Waals surface area (Å²) in [7, 11) is 0. The average Bonchev–Trinajstić information content (AvgIpc) is 2.41. The highest BCUT2D eigenvalue weighted by Gasteiger charge is 2.09. The van der Waals surface area contributed by atoms with E-state index in [1.807, 2.05) is 12.1 Å². The van der Waals surface area contributed by atoms with Crippen molar-refractivity contribution in [3.8, 4) is 0 Å². The van der Waals surface area contributed by atoms with E-state index in [9.17, 15) is 0 Å². The third-order valence-electron chi connectivity index (χ3n) is 2.93. The molecule has 108 valence electrons. The summed E-state index contributed by atoms with van der Waals surface area (Å²) in [6.07, 6.45) is 3.39. The molecule has 0 bridgehead atoms.